The van der Waals surface area contributed by atoms with Crippen molar-refractivity contribution in [3.63, 3.8) is 0 Å². The van der Waals surface area contributed by atoms with Gasteiger partial charge in [0.15, 0.2) is 5.60 Å². The first-order valence-corrected chi connectivity index (χ1v) is 9.67. The molecule has 24 heavy (non-hydrogen) atoms. The van der Waals surface area contributed by atoms with Crippen LogP contribution in [0, 0.1) is 11.8 Å². The monoisotopic (exact) mass is 334 g/mol. The minimum Gasteiger partial charge on any atom is -0.385 e. The van der Waals surface area contributed by atoms with Crippen LogP contribution in [0.3, 0.4) is 0 Å². The van der Waals surface area contributed by atoms with Gasteiger partial charge >= 0.3 is 0 Å². The molecule has 2 aliphatic carbocycles. The molecule has 134 valence electrons. The number of hydrogen-bond acceptors (Lipinski definition) is 5. The van der Waals surface area contributed by atoms with Crippen LogP contribution in [-0.2, 0) is 9.63 Å². The number of carbonyl (C=O) groups excluding carboxylic acids is 1. The molecular formula is C18H30N4O2. The molecule has 0 bridgehead atoms. The number of likely N-dealkylation sites (tertiary alicyclic amines) is 1. The first kappa shape index (κ1) is 16.3. The molecule has 2 atom stereocenters. The Hall–Kier alpha value is -1.14. The molecule has 2 heterocycles. The third-order valence-corrected chi connectivity index (χ3v) is 5.97. The van der Waals surface area contributed by atoms with E-state index in [9.17, 15) is 4.79 Å². The van der Waals surface area contributed by atoms with Crippen molar-refractivity contribution >= 4 is 11.6 Å². The van der Waals surface area contributed by atoms with Crippen LogP contribution in [0.25, 0.3) is 0 Å². The fourth-order valence-electron chi connectivity index (χ4n) is 3.88. The minimum absolute atomic E-state index is 0.0339. The van der Waals surface area contributed by atoms with Crippen LogP contribution >= 0.6 is 0 Å². The Morgan fingerprint density at radius 2 is 2.00 bits per heavy atom. The Kier molecular flexibility index (Phi) is 4.52. The third kappa shape index (κ3) is 3.59. The van der Waals surface area contributed by atoms with Crippen LogP contribution in [0.15, 0.2) is 5.16 Å². The van der Waals surface area contributed by atoms with Gasteiger partial charge in [0.2, 0.25) is 0 Å². The van der Waals surface area contributed by atoms with Gasteiger partial charge in [-0.3, -0.25) is 9.69 Å². The zero-order chi connectivity index (χ0) is 16.6. The van der Waals surface area contributed by atoms with Crippen molar-refractivity contribution in [1.82, 2.24) is 15.5 Å². The summed E-state index contributed by atoms with van der Waals surface area (Å²) in [5, 5.41) is 11.0. The summed E-state index contributed by atoms with van der Waals surface area (Å²) >= 11 is 0. The van der Waals surface area contributed by atoms with Gasteiger partial charge in [-0.2, -0.15) is 0 Å². The molecule has 2 aliphatic heterocycles. The molecule has 6 nitrogen and oxygen atoms in total. The minimum atomic E-state index is -0.366. The molecule has 1 spiro atoms. The third-order valence-electron chi connectivity index (χ3n) is 5.97. The largest absolute Gasteiger partial charge is 0.385 e. The number of hydrogen-bond donors (Lipinski definition) is 2. The number of likely N-dealkylation sites (N-methyl/N-ethyl adjacent to an activating group) is 1. The molecule has 0 unspecified atom stereocenters. The second-order valence-corrected chi connectivity index (χ2v) is 8.09. The number of piperidine rings is 1. The molecule has 1 amide bonds. The van der Waals surface area contributed by atoms with E-state index in [1.165, 1.54) is 25.7 Å². The van der Waals surface area contributed by atoms with Crippen molar-refractivity contribution in [2.75, 3.05) is 32.7 Å². The fraction of sp³-hybridized carbons (Fsp3) is 0.889. The van der Waals surface area contributed by atoms with E-state index < -0.39 is 0 Å². The van der Waals surface area contributed by atoms with Crippen molar-refractivity contribution < 1.29 is 9.63 Å². The first-order valence-electron chi connectivity index (χ1n) is 9.67. The maximum atomic E-state index is 12.4. The van der Waals surface area contributed by atoms with E-state index in [4.69, 9.17) is 4.84 Å². The Morgan fingerprint density at radius 1 is 1.25 bits per heavy atom. The topological polar surface area (TPSA) is 66.0 Å². The van der Waals surface area contributed by atoms with Crippen LogP contribution in [0.1, 0.15) is 45.4 Å². The van der Waals surface area contributed by atoms with Gasteiger partial charge in [-0.25, -0.2) is 0 Å². The predicted molar refractivity (Wildman–Crippen MR) is 92.8 cm³/mol. The van der Waals surface area contributed by atoms with Crippen molar-refractivity contribution in [2.45, 2.75) is 57.1 Å². The molecular weight excluding hydrogens is 304 g/mol. The molecule has 4 rings (SSSR count). The molecule has 6 heteroatoms. The summed E-state index contributed by atoms with van der Waals surface area (Å²) in [6.07, 6.45) is 6.87. The fourth-order valence-corrected chi connectivity index (χ4v) is 3.88. The summed E-state index contributed by atoms with van der Waals surface area (Å²) < 4.78 is 0. The average molecular weight is 334 g/mol. The van der Waals surface area contributed by atoms with Crippen LogP contribution in [0.2, 0.25) is 0 Å². The normalized spacial score (nSPS) is 33.4. The van der Waals surface area contributed by atoms with Crippen LogP contribution in [0.4, 0.5) is 0 Å². The molecule has 1 saturated heterocycles. The van der Waals surface area contributed by atoms with E-state index in [0.29, 0.717) is 24.1 Å². The zero-order valence-electron chi connectivity index (χ0n) is 14.7. The molecule has 2 saturated carbocycles. The van der Waals surface area contributed by atoms with Gasteiger partial charge in [0.25, 0.3) is 5.91 Å². The Morgan fingerprint density at radius 3 is 2.71 bits per heavy atom. The van der Waals surface area contributed by atoms with Gasteiger partial charge in [0.05, 0.1) is 6.04 Å². The van der Waals surface area contributed by atoms with Gasteiger partial charge < -0.3 is 15.5 Å². The second-order valence-electron chi connectivity index (χ2n) is 8.09. The van der Waals surface area contributed by atoms with E-state index in [2.05, 4.69) is 27.6 Å². The molecule has 0 aromatic carbocycles. The lowest BCUT2D eigenvalue weighted by molar-refractivity contribution is -0.115. The number of nitrogens with zero attached hydrogens (tertiary/aromatic N) is 2. The highest BCUT2D eigenvalue weighted by Gasteiger charge is 2.51. The number of rotatable bonds is 7. The highest BCUT2D eigenvalue weighted by Crippen LogP contribution is 2.35. The summed E-state index contributed by atoms with van der Waals surface area (Å²) in [6.45, 7) is 7.01. The molecule has 0 aromatic rings. The maximum Gasteiger partial charge on any atom is 0.269 e. The average Bonchev–Trinajstić information content (AvgIpc) is 3.51. The van der Waals surface area contributed by atoms with Gasteiger partial charge in [0, 0.05) is 19.5 Å². The van der Waals surface area contributed by atoms with E-state index in [1.807, 2.05) is 0 Å². The number of nitrogens with one attached hydrogen (secondary N) is 2. The Bertz CT molecular complexity index is 515. The predicted octanol–water partition coefficient (Wildman–Crippen LogP) is 1.12. The lowest BCUT2D eigenvalue weighted by atomic mass is 9.83. The summed E-state index contributed by atoms with van der Waals surface area (Å²) in [6, 6.07) is 0.290. The van der Waals surface area contributed by atoms with Gasteiger partial charge in [-0.15, -0.1) is 0 Å². The molecule has 0 radical (unpaired) electrons. The smallest absolute Gasteiger partial charge is 0.269 e. The lowest BCUT2D eigenvalue weighted by Gasteiger charge is -2.44. The van der Waals surface area contributed by atoms with Gasteiger partial charge in [-0.1, -0.05) is 12.1 Å². The van der Waals surface area contributed by atoms with Crippen molar-refractivity contribution in [1.29, 1.82) is 0 Å². The number of carbonyl (C=O) groups is 1. The van der Waals surface area contributed by atoms with E-state index in [0.717, 1.165) is 45.1 Å². The SMILES string of the molecule is CCN1CC[C@@H](NCC2CC2)[C@@]2(CC(C(=O)NCC3CC3)=NO2)C1. The zero-order valence-corrected chi connectivity index (χ0v) is 14.7. The highest BCUT2D eigenvalue weighted by molar-refractivity contribution is 6.39. The Labute approximate surface area is 144 Å². The van der Waals surface area contributed by atoms with E-state index >= 15 is 0 Å². The molecule has 0 aromatic heterocycles. The van der Waals surface area contributed by atoms with Crippen molar-refractivity contribution in [3.8, 4) is 0 Å². The summed E-state index contributed by atoms with van der Waals surface area (Å²) in [7, 11) is 0. The van der Waals surface area contributed by atoms with Crippen molar-refractivity contribution in [2.24, 2.45) is 17.0 Å². The van der Waals surface area contributed by atoms with Gasteiger partial charge in [0.1, 0.15) is 5.71 Å². The summed E-state index contributed by atoms with van der Waals surface area (Å²) in [5.74, 6) is 1.49. The van der Waals surface area contributed by atoms with E-state index in [1.54, 1.807) is 0 Å². The lowest BCUT2D eigenvalue weighted by Crippen LogP contribution is -2.62. The van der Waals surface area contributed by atoms with Crippen molar-refractivity contribution in [3.05, 3.63) is 0 Å². The Balaban J connectivity index is 1.38. The maximum absolute atomic E-state index is 12.4. The second kappa shape index (κ2) is 6.64. The highest BCUT2D eigenvalue weighted by atomic mass is 16.7. The molecule has 4 aliphatic rings. The summed E-state index contributed by atoms with van der Waals surface area (Å²) in [5.41, 5.74) is 0.210. The standard InChI is InChI=1S/C18H30N4O2/c1-2-22-8-7-16(19-10-13-3-4-13)18(12-22)9-15(21-24-18)17(23)20-11-14-5-6-14/h13-14,16,19H,2-12H2,1H3,(H,20,23)/t16-,18-/m1/s1. The summed E-state index contributed by atoms with van der Waals surface area (Å²) in [4.78, 5) is 20.8. The van der Waals surface area contributed by atoms with Crippen LogP contribution < -0.4 is 10.6 Å². The number of amides is 1. The quantitative estimate of drug-likeness (QED) is 0.732. The van der Waals surface area contributed by atoms with Gasteiger partial charge in [-0.05, 0) is 63.6 Å². The van der Waals surface area contributed by atoms with Crippen LogP contribution in [-0.4, -0.2) is 60.9 Å². The number of oxime groups is 1. The van der Waals surface area contributed by atoms with Crippen LogP contribution in [0.5, 0.6) is 0 Å². The molecule has 2 N–H and O–H groups in total. The van der Waals surface area contributed by atoms with E-state index in [-0.39, 0.29) is 11.5 Å². The molecule has 3 fully saturated rings. The first-order chi connectivity index (χ1) is 11.7.